The normalized spacial score (nSPS) is 11.7. The Morgan fingerprint density at radius 2 is 2.17 bits per heavy atom. The highest BCUT2D eigenvalue weighted by Gasteiger charge is 2.06. The number of hydrogen-bond acceptors (Lipinski definition) is 3. The van der Waals surface area contributed by atoms with Gasteiger partial charge in [0.25, 0.3) is 0 Å². The van der Waals surface area contributed by atoms with E-state index in [9.17, 15) is 4.79 Å². The van der Waals surface area contributed by atoms with Crippen LogP contribution in [0.5, 0.6) is 5.75 Å². The first kappa shape index (κ1) is 14.3. The van der Waals surface area contributed by atoms with E-state index in [2.05, 4.69) is 10.6 Å². The summed E-state index contributed by atoms with van der Waals surface area (Å²) in [6, 6.07) is 6.95. The molecule has 0 saturated heterocycles. The standard InChI is InChI=1S/C13H20N2O3/c1-3-18-12-7-5-4-6-11(12)15-13(17)14-9-8-10(2)16/h4-7,10,16H,3,8-9H2,1-2H3,(H2,14,15,17). The fourth-order valence-electron chi connectivity index (χ4n) is 1.41. The first-order valence-corrected chi connectivity index (χ1v) is 6.08. The molecule has 0 aliphatic rings. The minimum atomic E-state index is -0.416. The lowest BCUT2D eigenvalue weighted by molar-refractivity contribution is 0.184. The maximum atomic E-state index is 11.6. The van der Waals surface area contributed by atoms with E-state index in [4.69, 9.17) is 9.84 Å². The predicted octanol–water partition coefficient (Wildman–Crippen LogP) is 1.98. The Kier molecular flexibility index (Phi) is 6.00. The van der Waals surface area contributed by atoms with Crippen LogP contribution in [0.4, 0.5) is 10.5 Å². The van der Waals surface area contributed by atoms with Gasteiger partial charge < -0.3 is 20.5 Å². The van der Waals surface area contributed by atoms with Crippen molar-refractivity contribution in [2.24, 2.45) is 0 Å². The van der Waals surface area contributed by atoms with Crippen molar-refractivity contribution < 1.29 is 14.6 Å². The number of carbonyl (C=O) groups excluding carboxylic acids is 1. The molecule has 1 aromatic carbocycles. The van der Waals surface area contributed by atoms with Crippen LogP contribution in [0, 0.1) is 0 Å². The molecule has 3 N–H and O–H groups in total. The van der Waals surface area contributed by atoms with E-state index >= 15 is 0 Å². The molecule has 0 saturated carbocycles. The van der Waals surface area contributed by atoms with Crippen LogP contribution in [0.15, 0.2) is 24.3 Å². The molecule has 5 heteroatoms. The number of hydrogen-bond donors (Lipinski definition) is 3. The Labute approximate surface area is 107 Å². The second kappa shape index (κ2) is 7.55. The molecule has 0 fully saturated rings. The predicted molar refractivity (Wildman–Crippen MR) is 70.9 cm³/mol. The molecule has 0 aromatic heterocycles. The van der Waals surface area contributed by atoms with E-state index in [0.29, 0.717) is 31.0 Å². The largest absolute Gasteiger partial charge is 0.492 e. The zero-order valence-electron chi connectivity index (χ0n) is 10.8. The van der Waals surface area contributed by atoms with Crippen molar-refractivity contribution in [1.82, 2.24) is 5.32 Å². The molecule has 0 aliphatic heterocycles. The van der Waals surface area contributed by atoms with Crippen molar-refractivity contribution in [3.63, 3.8) is 0 Å². The number of nitrogens with one attached hydrogen (secondary N) is 2. The van der Waals surface area contributed by atoms with Gasteiger partial charge in [-0.05, 0) is 32.4 Å². The molecule has 18 heavy (non-hydrogen) atoms. The van der Waals surface area contributed by atoms with Gasteiger partial charge in [0.15, 0.2) is 0 Å². The Balaban J connectivity index is 2.48. The van der Waals surface area contributed by atoms with Gasteiger partial charge in [0.2, 0.25) is 0 Å². The molecule has 1 atom stereocenters. The topological polar surface area (TPSA) is 70.6 Å². The van der Waals surface area contributed by atoms with E-state index in [-0.39, 0.29) is 6.03 Å². The summed E-state index contributed by atoms with van der Waals surface area (Å²) in [5, 5.41) is 14.5. The first-order valence-electron chi connectivity index (χ1n) is 6.08. The summed E-state index contributed by atoms with van der Waals surface area (Å²) in [6.07, 6.45) is 0.113. The minimum Gasteiger partial charge on any atom is -0.492 e. The maximum absolute atomic E-state index is 11.6. The molecule has 0 radical (unpaired) electrons. The van der Waals surface area contributed by atoms with E-state index in [0.717, 1.165) is 0 Å². The fraction of sp³-hybridized carbons (Fsp3) is 0.462. The Bertz CT molecular complexity index is 380. The first-order chi connectivity index (χ1) is 8.63. The summed E-state index contributed by atoms with van der Waals surface area (Å²) < 4.78 is 5.40. The van der Waals surface area contributed by atoms with Crippen molar-refractivity contribution in [3.05, 3.63) is 24.3 Å². The number of benzene rings is 1. The SMILES string of the molecule is CCOc1ccccc1NC(=O)NCCC(C)O. The van der Waals surface area contributed by atoms with Crippen LogP contribution >= 0.6 is 0 Å². The molecular weight excluding hydrogens is 232 g/mol. The molecule has 1 unspecified atom stereocenters. The van der Waals surface area contributed by atoms with Crippen LogP contribution in [-0.4, -0.2) is 30.4 Å². The molecule has 100 valence electrons. The quantitative estimate of drug-likeness (QED) is 0.725. The molecule has 1 rings (SSSR count). The Morgan fingerprint density at radius 1 is 1.44 bits per heavy atom. The summed E-state index contributed by atoms with van der Waals surface area (Å²) in [5.41, 5.74) is 0.633. The van der Waals surface area contributed by atoms with Crippen molar-refractivity contribution >= 4 is 11.7 Å². The maximum Gasteiger partial charge on any atom is 0.319 e. The molecular formula is C13H20N2O3. The van der Waals surface area contributed by atoms with Gasteiger partial charge >= 0.3 is 6.03 Å². The van der Waals surface area contributed by atoms with E-state index in [1.165, 1.54) is 0 Å². The van der Waals surface area contributed by atoms with E-state index < -0.39 is 6.10 Å². The molecule has 5 nitrogen and oxygen atoms in total. The number of ether oxygens (including phenoxy) is 1. The number of para-hydroxylation sites is 2. The molecule has 1 aromatic rings. The van der Waals surface area contributed by atoms with Gasteiger partial charge in [-0.15, -0.1) is 0 Å². The molecule has 0 bridgehead atoms. The number of anilines is 1. The van der Waals surface area contributed by atoms with Gasteiger partial charge in [0.05, 0.1) is 18.4 Å². The fourth-order valence-corrected chi connectivity index (χ4v) is 1.41. The Hall–Kier alpha value is -1.75. The molecule has 0 heterocycles. The van der Waals surface area contributed by atoms with Crippen molar-refractivity contribution in [2.75, 3.05) is 18.5 Å². The second-order valence-corrected chi connectivity index (χ2v) is 3.95. The van der Waals surface area contributed by atoms with Crippen LogP contribution in [0.3, 0.4) is 0 Å². The van der Waals surface area contributed by atoms with Crippen LogP contribution < -0.4 is 15.4 Å². The summed E-state index contributed by atoms with van der Waals surface area (Å²) >= 11 is 0. The third-order valence-electron chi connectivity index (χ3n) is 2.28. The van der Waals surface area contributed by atoms with Gasteiger partial charge in [-0.25, -0.2) is 4.79 Å². The van der Waals surface area contributed by atoms with Crippen molar-refractivity contribution in [2.45, 2.75) is 26.4 Å². The molecule has 0 aliphatic carbocycles. The number of rotatable bonds is 6. The second-order valence-electron chi connectivity index (χ2n) is 3.95. The minimum absolute atomic E-state index is 0.303. The number of aliphatic hydroxyl groups excluding tert-OH is 1. The van der Waals surface area contributed by atoms with Crippen LogP contribution in [0.1, 0.15) is 20.3 Å². The average molecular weight is 252 g/mol. The third-order valence-corrected chi connectivity index (χ3v) is 2.28. The van der Waals surface area contributed by atoms with Gasteiger partial charge in [-0.1, -0.05) is 12.1 Å². The van der Waals surface area contributed by atoms with E-state index in [1.54, 1.807) is 19.1 Å². The monoisotopic (exact) mass is 252 g/mol. The zero-order chi connectivity index (χ0) is 13.4. The van der Waals surface area contributed by atoms with Gasteiger partial charge in [0, 0.05) is 6.54 Å². The lowest BCUT2D eigenvalue weighted by Crippen LogP contribution is -2.31. The van der Waals surface area contributed by atoms with Gasteiger partial charge in [-0.2, -0.15) is 0 Å². The van der Waals surface area contributed by atoms with Gasteiger partial charge in [0.1, 0.15) is 5.75 Å². The highest BCUT2D eigenvalue weighted by molar-refractivity contribution is 5.90. The van der Waals surface area contributed by atoms with Crippen LogP contribution in [0.25, 0.3) is 0 Å². The summed E-state index contributed by atoms with van der Waals surface area (Å²) in [4.78, 5) is 11.6. The lowest BCUT2D eigenvalue weighted by atomic mass is 10.3. The van der Waals surface area contributed by atoms with Crippen LogP contribution in [0.2, 0.25) is 0 Å². The van der Waals surface area contributed by atoms with E-state index in [1.807, 2.05) is 19.1 Å². The lowest BCUT2D eigenvalue weighted by Gasteiger charge is -2.12. The number of aliphatic hydroxyl groups is 1. The highest BCUT2D eigenvalue weighted by atomic mass is 16.5. The molecule has 2 amide bonds. The smallest absolute Gasteiger partial charge is 0.319 e. The Morgan fingerprint density at radius 3 is 2.83 bits per heavy atom. The number of amides is 2. The summed E-state index contributed by atoms with van der Waals surface area (Å²) in [5.74, 6) is 0.644. The highest BCUT2D eigenvalue weighted by Crippen LogP contribution is 2.23. The van der Waals surface area contributed by atoms with Crippen molar-refractivity contribution in [3.8, 4) is 5.75 Å². The summed E-state index contributed by atoms with van der Waals surface area (Å²) in [7, 11) is 0. The average Bonchev–Trinajstić information content (AvgIpc) is 2.31. The zero-order valence-corrected chi connectivity index (χ0v) is 10.8. The molecule has 0 spiro atoms. The van der Waals surface area contributed by atoms with Crippen LogP contribution in [-0.2, 0) is 0 Å². The number of carbonyl (C=O) groups is 1. The van der Waals surface area contributed by atoms with Gasteiger partial charge in [-0.3, -0.25) is 0 Å². The number of urea groups is 1. The van der Waals surface area contributed by atoms with Crippen molar-refractivity contribution in [1.29, 1.82) is 0 Å². The third kappa shape index (κ3) is 5.05. The summed E-state index contributed by atoms with van der Waals surface area (Å²) in [6.45, 7) is 4.55.